The summed E-state index contributed by atoms with van der Waals surface area (Å²) in [5.74, 6) is -0.846. The lowest BCUT2D eigenvalue weighted by Crippen LogP contribution is -2.33. The van der Waals surface area contributed by atoms with Gasteiger partial charge >= 0.3 is 11.9 Å². The predicted molar refractivity (Wildman–Crippen MR) is 64.5 cm³/mol. The van der Waals surface area contributed by atoms with Crippen LogP contribution in [0.5, 0.6) is 0 Å². The second-order valence-corrected chi connectivity index (χ2v) is 3.96. The zero-order valence-corrected chi connectivity index (χ0v) is 11.1. The minimum Gasteiger partial charge on any atom is -0.466 e. The Kier molecular flexibility index (Phi) is 8.40. The van der Waals surface area contributed by atoms with E-state index in [-0.39, 0.29) is 23.8 Å². The monoisotopic (exact) mass is 245 g/mol. The molecule has 0 aliphatic rings. The molecule has 0 saturated heterocycles. The summed E-state index contributed by atoms with van der Waals surface area (Å²) in [6.45, 7) is 8.93. The van der Waals surface area contributed by atoms with Crippen molar-refractivity contribution in [3.63, 3.8) is 0 Å². The molecule has 0 aliphatic carbocycles. The first-order valence-electron chi connectivity index (χ1n) is 6.06. The standard InChI is InChI=1S/C12H23NO4/c1-5-16-11(14)9(3)7-13-8-10(4)12(15)17-6-2/h9-10,13H,5-8H2,1-4H3. The van der Waals surface area contributed by atoms with E-state index in [1.165, 1.54) is 0 Å². The molecule has 17 heavy (non-hydrogen) atoms. The van der Waals surface area contributed by atoms with Gasteiger partial charge in [0.2, 0.25) is 0 Å². The van der Waals surface area contributed by atoms with Gasteiger partial charge in [0.1, 0.15) is 0 Å². The van der Waals surface area contributed by atoms with Crippen LogP contribution in [0, 0.1) is 11.8 Å². The number of carbonyl (C=O) groups excluding carboxylic acids is 2. The maximum atomic E-state index is 11.3. The molecule has 0 aromatic rings. The lowest BCUT2D eigenvalue weighted by molar-refractivity contribution is -0.147. The normalized spacial score (nSPS) is 13.9. The highest BCUT2D eigenvalue weighted by Gasteiger charge is 2.16. The van der Waals surface area contributed by atoms with Gasteiger partial charge in [-0.1, -0.05) is 13.8 Å². The SMILES string of the molecule is CCOC(=O)C(C)CNCC(C)C(=O)OCC. The Bertz CT molecular complexity index is 219. The summed E-state index contributed by atoms with van der Waals surface area (Å²) in [6, 6.07) is 0. The zero-order chi connectivity index (χ0) is 13.3. The smallest absolute Gasteiger partial charge is 0.309 e. The maximum Gasteiger partial charge on any atom is 0.309 e. The Hall–Kier alpha value is -1.10. The van der Waals surface area contributed by atoms with Gasteiger partial charge in [0.05, 0.1) is 25.0 Å². The minimum absolute atomic E-state index is 0.204. The lowest BCUT2D eigenvalue weighted by atomic mass is 10.1. The van der Waals surface area contributed by atoms with Crippen molar-refractivity contribution in [3.05, 3.63) is 0 Å². The average molecular weight is 245 g/mol. The van der Waals surface area contributed by atoms with Crippen LogP contribution in [0.15, 0.2) is 0 Å². The number of ether oxygens (including phenoxy) is 2. The molecule has 0 aliphatic heterocycles. The summed E-state index contributed by atoms with van der Waals surface area (Å²) < 4.78 is 9.75. The molecule has 5 nitrogen and oxygen atoms in total. The molecule has 100 valence electrons. The Balaban J connectivity index is 3.75. The topological polar surface area (TPSA) is 64.6 Å². The molecule has 0 rings (SSSR count). The van der Waals surface area contributed by atoms with Crippen molar-refractivity contribution < 1.29 is 19.1 Å². The minimum atomic E-state index is -0.219. The van der Waals surface area contributed by atoms with E-state index in [0.29, 0.717) is 26.3 Å². The third kappa shape index (κ3) is 6.94. The van der Waals surface area contributed by atoms with Crippen molar-refractivity contribution in [1.82, 2.24) is 5.32 Å². The van der Waals surface area contributed by atoms with Gasteiger partial charge in [-0.3, -0.25) is 9.59 Å². The molecule has 1 N–H and O–H groups in total. The van der Waals surface area contributed by atoms with Crippen LogP contribution in [-0.2, 0) is 19.1 Å². The van der Waals surface area contributed by atoms with Crippen molar-refractivity contribution in [3.8, 4) is 0 Å². The highest BCUT2D eigenvalue weighted by molar-refractivity contribution is 5.73. The van der Waals surface area contributed by atoms with E-state index in [9.17, 15) is 9.59 Å². The predicted octanol–water partition coefficient (Wildman–Crippen LogP) is 0.974. The average Bonchev–Trinajstić information content (AvgIpc) is 2.29. The first-order chi connectivity index (χ1) is 8.02. The van der Waals surface area contributed by atoms with Gasteiger partial charge in [-0.05, 0) is 13.8 Å². The van der Waals surface area contributed by atoms with E-state index in [1.807, 2.05) is 0 Å². The van der Waals surface area contributed by atoms with Gasteiger partial charge in [0, 0.05) is 13.1 Å². The Morgan fingerprint density at radius 2 is 1.29 bits per heavy atom. The van der Waals surface area contributed by atoms with E-state index >= 15 is 0 Å². The molecule has 5 heteroatoms. The van der Waals surface area contributed by atoms with Crippen LogP contribution in [0.25, 0.3) is 0 Å². The third-order valence-electron chi connectivity index (χ3n) is 2.28. The fourth-order valence-corrected chi connectivity index (χ4v) is 1.25. The van der Waals surface area contributed by atoms with Crippen molar-refractivity contribution in [1.29, 1.82) is 0 Å². The van der Waals surface area contributed by atoms with Crippen molar-refractivity contribution in [2.75, 3.05) is 26.3 Å². The largest absolute Gasteiger partial charge is 0.466 e. The first kappa shape index (κ1) is 15.9. The van der Waals surface area contributed by atoms with Gasteiger partial charge in [-0.2, -0.15) is 0 Å². The van der Waals surface area contributed by atoms with Crippen LogP contribution in [0.2, 0.25) is 0 Å². The van der Waals surface area contributed by atoms with Crippen molar-refractivity contribution in [2.24, 2.45) is 11.8 Å². The van der Waals surface area contributed by atoms with Gasteiger partial charge < -0.3 is 14.8 Å². The van der Waals surface area contributed by atoms with Gasteiger partial charge in [-0.15, -0.1) is 0 Å². The fraction of sp³-hybridized carbons (Fsp3) is 0.833. The van der Waals surface area contributed by atoms with Crippen molar-refractivity contribution >= 4 is 11.9 Å². The molecule has 0 amide bonds. The summed E-state index contributed by atoms with van der Waals surface area (Å²) in [5, 5.41) is 3.06. The summed E-state index contributed by atoms with van der Waals surface area (Å²) in [5.41, 5.74) is 0. The van der Waals surface area contributed by atoms with Crippen molar-refractivity contribution in [2.45, 2.75) is 27.7 Å². The molecule has 0 saturated carbocycles. The molecular weight excluding hydrogens is 222 g/mol. The number of carbonyl (C=O) groups is 2. The third-order valence-corrected chi connectivity index (χ3v) is 2.28. The maximum absolute atomic E-state index is 11.3. The summed E-state index contributed by atoms with van der Waals surface area (Å²) in [4.78, 5) is 22.6. The fourth-order valence-electron chi connectivity index (χ4n) is 1.25. The molecule has 0 heterocycles. The Morgan fingerprint density at radius 1 is 0.941 bits per heavy atom. The molecule has 0 spiro atoms. The van der Waals surface area contributed by atoms with E-state index in [1.54, 1.807) is 27.7 Å². The molecule has 0 aromatic carbocycles. The summed E-state index contributed by atoms with van der Waals surface area (Å²) in [6.07, 6.45) is 0. The quantitative estimate of drug-likeness (QED) is 0.646. The number of hydrogen-bond acceptors (Lipinski definition) is 5. The van der Waals surface area contributed by atoms with E-state index in [0.717, 1.165) is 0 Å². The Labute approximate surface area is 103 Å². The molecular formula is C12H23NO4. The van der Waals surface area contributed by atoms with Crippen LogP contribution in [0.1, 0.15) is 27.7 Å². The van der Waals surface area contributed by atoms with Crippen LogP contribution < -0.4 is 5.32 Å². The highest BCUT2D eigenvalue weighted by Crippen LogP contribution is 1.99. The number of esters is 2. The molecule has 0 bridgehead atoms. The number of rotatable bonds is 8. The molecule has 2 atom stereocenters. The van der Waals surface area contributed by atoms with Gasteiger partial charge in [-0.25, -0.2) is 0 Å². The van der Waals surface area contributed by atoms with Gasteiger partial charge in [0.15, 0.2) is 0 Å². The number of hydrogen-bond donors (Lipinski definition) is 1. The zero-order valence-electron chi connectivity index (χ0n) is 11.1. The second-order valence-electron chi connectivity index (χ2n) is 3.96. The highest BCUT2D eigenvalue weighted by atomic mass is 16.5. The summed E-state index contributed by atoms with van der Waals surface area (Å²) >= 11 is 0. The van der Waals surface area contributed by atoms with E-state index < -0.39 is 0 Å². The second kappa shape index (κ2) is 8.98. The number of nitrogens with one attached hydrogen (secondary N) is 1. The van der Waals surface area contributed by atoms with E-state index in [2.05, 4.69) is 5.32 Å². The Morgan fingerprint density at radius 3 is 1.59 bits per heavy atom. The molecule has 2 unspecified atom stereocenters. The summed E-state index contributed by atoms with van der Waals surface area (Å²) in [7, 11) is 0. The lowest BCUT2D eigenvalue weighted by Gasteiger charge is -2.14. The van der Waals surface area contributed by atoms with Crippen LogP contribution in [0.3, 0.4) is 0 Å². The first-order valence-corrected chi connectivity index (χ1v) is 6.06. The van der Waals surface area contributed by atoms with Crippen LogP contribution >= 0.6 is 0 Å². The van der Waals surface area contributed by atoms with Crippen LogP contribution in [0.4, 0.5) is 0 Å². The van der Waals surface area contributed by atoms with Crippen LogP contribution in [-0.4, -0.2) is 38.2 Å². The molecule has 0 aromatic heterocycles. The molecule has 0 fully saturated rings. The van der Waals surface area contributed by atoms with E-state index in [4.69, 9.17) is 9.47 Å². The van der Waals surface area contributed by atoms with Gasteiger partial charge in [0.25, 0.3) is 0 Å². The molecule has 0 radical (unpaired) electrons.